The molecule has 0 radical (unpaired) electrons. The van der Waals surface area contributed by atoms with Gasteiger partial charge < -0.3 is 15.2 Å². The van der Waals surface area contributed by atoms with Crippen molar-refractivity contribution in [2.24, 2.45) is 5.92 Å². The zero-order valence-electron chi connectivity index (χ0n) is 9.96. The molecule has 0 aromatic heterocycles. The number of hydrogen-bond acceptors (Lipinski definition) is 5. The van der Waals surface area contributed by atoms with Crippen LogP contribution in [-0.4, -0.2) is 17.4 Å². The summed E-state index contributed by atoms with van der Waals surface area (Å²) < 4.78 is 0. The Bertz CT molecular complexity index is 609. The molecule has 1 heterocycles. The number of fused-ring (bicyclic) bond motifs is 3. The maximum Gasteiger partial charge on any atom is 0.275 e. The number of nitrogens with one attached hydrogen (secondary N) is 1. The lowest BCUT2D eigenvalue weighted by molar-refractivity contribution is -0.385. The number of anilines is 1. The minimum absolute atomic E-state index is 0.0145. The van der Waals surface area contributed by atoms with Gasteiger partial charge in [0.25, 0.3) is 5.69 Å². The minimum Gasteiger partial charge on any atom is -0.545 e. The fourth-order valence-electron chi connectivity index (χ4n) is 2.94. The summed E-state index contributed by atoms with van der Waals surface area (Å²) in [5.74, 6) is -1.15. The van der Waals surface area contributed by atoms with Crippen molar-refractivity contribution in [1.29, 1.82) is 0 Å². The third-order valence-electron chi connectivity index (χ3n) is 3.80. The number of allylic oxidation sites excluding steroid dienone is 2. The lowest BCUT2D eigenvalue weighted by Crippen LogP contribution is -2.30. The molecule has 19 heavy (non-hydrogen) atoms. The summed E-state index contributed by atoms with van der Waals surface area (Å²) in [5.41, 5.74) is 0.756. The summed E-state index contributed by atoms with van der Waals surface area (Å²) >= 11 is 0. The van der Waals surface area contributed by atoms with E-state index in [1.807, 2.05) is 12.2 Å². The third kappa shape index (κ3) is 1.68. The van der Waals surface area contributed by atoms with Crippen molar-refractivity contribution >= 4 is 17.3 Å². The second kappa shape index (κ2) is 4.08. The number of benzene rings is 1. The maximum atomic E-state index is 11.1. The van der Waals surface area contributed by atoms with Crippen molar-refractivity contribution in [3.05, 3.63) is 45.5 Å². The van der Waals surface area contributed by atoms with E-state index in [-0.39, 0.29) is 23.1 Å². The first-order chi connectivity index (χ1) is 9.09. The van der Waals surface area contributed by atoms with E-state index >= 15 is 0 Å². The summed E-state index contributed by atoms with van der Waals surface area (Å²) in [6.45, 7) is 0.617. The van der Waals surface area contributed by atoms with Crippen LogP contribution in [0.2, 0.25) is 0 Å². The number of nitrogens with zero attached hydrogens (tertiary/aromatic N) is 1. The molecular weight excluding hydrogens is 248 g/mol. The molecule has 6 heteroatoms. The van der Waals surface area contributed by atoms with E-state index in [0.717, 1.165) is 6.42 Å². The van der Waals surface area contributed by atoms with Crippen molar-refractivity contribution in [3.63, 3.8) is 0 Å². The second-order valence-electron chi connectivity index (χ2n) is 4.80. The fourth-order valence-corrected chi connectivity index (χ4v) is 2.94. The van der Waals surface area contributed by atoms with Crippen molar-refractivity contribution in [2.45, 2.75) is 12.3 Å². The Morgan fingerprint density at radius 2 is 2.21 bits per heavy atom. The summed E-state index contributed by atoms with van der Waals surface area (Å²) in [6.07, 6.45) is 4.77. The van der Waals surface area contributed by atoms with Crippen molar-refractivity contribution in [3.8, 4) is 0 Å². The smallest absolute Gasteiger partial charge is 0.275 e. The highest BCUT2D eigenvalue weighted by molar-refractivity contribution is 5.95. The van der Waals surface area contributed by atoms with E-state index in [1.165, 1.54) is 12.1 Å². The molecule has 0 amide bonds. The Balaban J connectivity index is 2.25. The first-order valence-corrected chi connectivity index (χ1v) is 6.02. The summed E-state index contributed by atoms with van der Waals surface area (Å²) in [5, 5.41) is 25.3. The number of nitro groups is 1. The molecule has 0 fully saturated rings. The molecule has 0 saturated carbocycles. The second-order valence-corrected chi connectivity index (χ2v) is 4.80. The molecule has 2 atom stereocenters. The van der Waals surface area contributed by atoms with Crippen LogP contribution in [0.5, 0.6) is 0 Å². The zero-order valence-corrected chi connectivity index (χ0v) is 9.96. The SMILES string of the molecule is O=C([O-])c1ccc([N+](=O)[O-])c2c1NC[C@@H]1CC=C[C@H]21. The van der Waals surface area contributed by atoms with E-state index in [0.29, 0.717) is 17.8 Å². The van der Waals surface area contributed by atoms with Crippen LogP contribution in [0.15, 0.2) is 24.3 Å². The van der Waals surface area contributed by atoms with Crippen LogP contribution in [0.4, 0.5) is 11.4 Å². The molecule has 1 aromatic carbocycles. The highest BCUT2D eigenvalue weighted by Gasteiger charge is 2.36. The molecule has 0 saturated heterocycles. The molecule has 0 unspecified atom stereocenters. The summed E-state index contributed by atoms with van der Waals surface area (Å²) in [4.78, 5) is 21.8. The van der Waals surface area contributed by atoms with Crippen LogP contribution in [0.3, 0.4) is 0 Å². The number of hydrogen-bond donors (Lipinski definition) is 1. The van der Waals surface area contributed by atoms with Gasteiger partial charge in [0.2, 0.25) is 0 Å². The first-order valence-electron chi connectivity index (χ1n) is 6.02. The van der Waals surface area contributed by atoms with Crippen LogP contribution in [0.1, 0.15) is 28.3 Å². The number of carbonyl (C=O) groups excluding carboxylic acids is 1. The standard InChI is InChI=1S/C13H12N2O4/c16-13(17)9-4-5-10(15(18)19)11-8-3-1-2-7(8)6-14-12(9)11/h1,3-5,7-8,14H,2,6H2,(H,16,17)/p-1/t7-,8-/m0/s1. The van der Waals surface area contributed by atoms with Gasteiger partial charge in [-0.2, -0.15) is 0 Å². The van der Waals surface area contributed by atoms with Gasteiger partial charge in [-0.05, 0) is 18.4 Å². The van der Waals surface area contributed by atoms with Gasteiger partial charge in [0.1, 0.15) is 0 Å². The van der Waals surface area contributed by atoms with Gasteiger partial charge in [-0.1, -0.05) is 12.2 Å². The average molecular weight is 259 g/mol. The molecule has 0 bridgehead atoms. The number of carbonyl (C=O) groups is 1. The largest absolute Gasteiger partial charge is 0.545 e. The molecule has 1 aliphatic carbocycles. The van der Waals surface area contributed by atoms with Crippen LogP contribution < -0.4 is 10.4 Å². The number of aromatic carboxylic acids is 1. The van der Waals surface area contributed by atoms with Crippen LogP contribution in [0.25, 0.3) is 0 Å². The van der Waals surface area contributed by atoms with E-state index in [2.05, 4.69) is 5.32 Å². The molecule has 6 nitrogen and oxygen atoms in total. The molecular formula is C13H11N2O4-. The van der Waals surface area contributed by atoms with Gasteiger partial charge >= 0.3 is 0 Å². The quantitative estimate of drug-likeness (QED) is 0.486. The van der Waals surface area contributed by atoms with E-state index < -0.39 is 10.9 Å². The number of nitro benzene ring substituents is 1. The van der Waals surface area contributed by atoms with E-state index in [1.54, 1.807) is 0 Å². The number of carboxylic acids is 1. The Kier molecular flexibility index (Phi) is 2.51. The van der Waals surface area contributed by atoms with Gasteiger partial charge in [-0.15, -0.1) is 0 Å². The van der Waals surface area contributed by atoms with Crippen molar-refractivity contribution < 1.29 is 14.8 Å². The van der Waals surface area contributed by atoms with Gasteiger partial charge in [-0.3, -0.25) is 10.1 Å². The van der Waals surface area contributed by atoms with Gasteiger partial charge in [0.15, 0.2) is 0 Å². The average Bonchev–Trinajstić information content (AvgIpc) is 2.85. The Labute approximate surface area is 108 Å². The molecule has 98 valence electrons. The highest BCUT2D eigenvalue weighted by atomic mass is 16.6. The lowest BCUT2D eigenvalue weighted by Gasteiger charge is -2.30. The normalized spacial score (nSPS) is 23.4. The Hall–Kier alpha value is -2.37. The zero-order chi connectivity index (χ0) is 13.6. The molecule has 1 aliphatic heterocycles. The van der Waals surface area contributed by atoms with Crippen LogP contribution in [-0.2, 0) is 0 Å². The third-order valence-corrected chi connectivity index (χ3v) is 3.80. The molecule has 2 aliphatic rings. The van der Waals surface area contributed by atoms with Gasteiger partial charge in [-0.25, -0.2) is 0 Å². The molecule has 3 rings (SSSR count). The number of rotatable bonds is 2. The van der Waals surface area contributed by atoms with Crippen molar-refractivity contribution in [1.82, 2.24) is 0 Å². The fraction of sp³-hybridized carbons (Fsp3) is 0.308. The molecule has 1 aromatic rings. The Morgan fingerprint density at radius 1 is 1.42 bits per heavy atom. The maximum absolute atomic E-state index is 11.1. The monoisotopic (exact) mass is 259 g/mol. The van der Waals surface area contributed by atoms with Crippen molar-refractivity contribution in [2.75, 3.05) is 11.9 Å². The molecule has 0 spiro atoms. The van der Waals surface area contributed by atoms with E-state index in [4.69, 9.17) is 0 Å². The van der Waals surface area contributed by atoms with Crippen LogP contribution in [0, 0.1) is 16.0 Å². The lowest BCUT2D eigenvalue weighted by atomic mass is 9.82. The summed E-state index contributed by atoms with van der Waals surface area (Å²) in [6, 6.07) is 2.48. The van der Waals surface area contributed by atoms with Crippen LogP contribution >= 0.6 is 0 Å². The predicted octanol–water partition coefficient (Wildman–Crippen LogP) is 1.04. The number of carboxylic acid groups (broad SMARTS) is 1. The van der Waals surface area contributed by atoms with E-state index in [9.17, 15) is 20.0 Å². The summed E-state index contributed by atoms with van der Waals surface area (Å²) in [7, 11) is 0. The van der Waals surface area contributed by atoms with Gasteiger partial charge in [0.05, 0.1) is 22.1 Å². The minimum atomic E-state index is -1.32. The first kappa shape index (κ1) is 11.7. The topological polar surface area (TPSA) is 95.3 Å². The predicted molar refractivity (Wildman–Crippen MR) is 65.9 cm³/mol. The van der Waals surface area contributed by atoms with Gasteiger partial charge in [0, 0.05) is 24.1 Å². The molecule has 1 N–H and O–H groups in total. The highest BCUT2D eigenvalue weighted by Crippen LogP contribution is 2.46. The Morgan fingerprint density at radius 3 is 2.89 bits per heavy atom.